The van der Waals surface area contributed by atoms with E-state index in [0.717, 1.165) is 31.6 Å². The van der Waals surface area contributed by atoms with Gasteiger partial charge in [0.25, 0.3) is 0 Å². The van der Waals surface area contributed by atoms with Crippen LogP contribution in [-0.2, 0) is 4.74 Å². The first-order valence-corrected chi connectivity index (χ1v) is 6.75. The molecule has 0 spiro atoms. The average Bonchev–Trinajstić information content (AvgIpc) is 2.34. The Morgan fingerprint density at radius 2 is 1.94 bits per heavy atom. The van der Waals surface area contributed by atoms with Crippen LogP contribution in [-0.4, -0.2) is 23.9 Å². The monoisotopic (exact) mass is 237 g/mol. The van der Waals surface area contributed by atoms with Crippen molar-refractivity contribution in [1.82, 2.24) is 0 Å². The Balaban J connectivity index is 2.05. The molecule has 2 fully saturated rings. The summed E-state index contributed by atoms with van der Waals surface area (Å²) in [6.07, 6.45) is 6.49. The molecule has 2 aliphatic carbocycles. The fourth-order valence-electron chi connectivity index (χ4n) is 3.51. The van der Waals surface area contributed by atoms with E-state index in [9.17, 15) is 10.4 Å². The van der Waals surface area contributed by atoms with E-state index in [-0.39, 0.29) is 6.10 Å². The van der Waals surface area contributed by atoms with Gasteiger partial charge in [-0.15, -0.1) is 0 Å². The Hall–Kier alpha value is -0.590. The third-order valence-electron chi connectivity index (χ3n) is 5.10. The zero-order chi connectivity index (χ0) is 12.5. The topological polar surface area (TPSA) is 53.2 Å². The number of aliphatic hydroxyl groups is 1. The van der Waals surface area contributed by atoms with Crippen molar-refractivity contribution in [2.45, 2.75) is 63.6 Å². The molecule has 0 amide bonds. The van der Waals surface area contributed by atoms with Gasteiger partial charge in [-0.25, -0.2) is 0 Å². The van der Waals surface area contributed by atoms with Gasteiger partial charge in [0.15, 0.2) is 0 Å². The number of nitriles is 1. The van der Waals surface area contributed by atoms with Gasteiger partial charge in [-0.05, 0) is 31.6 Å². The van der Waals surface area contributed by atoms with E-state index in [4.69, 9.17) is 4.74 Å². The maximum absolute atomic E-state index is 10.6. The second-order valence-corrected chi connectivity index (χ2v) is 5.84. The second kappa shape index (κ2) is 4.59. The van der Waals surface area contributed by atoms with Crippen molar-refractivity contribution >= 4 is 0 Å². The molecule has 3 heteroatoms. The predicted octanol–water partition coefficient (Wildman–Crippen LogP) is 2.64. The summed E-state index contributed by atoms with van der Waals surface area (Å²) in [5.41, 5.74) is -1.30. The summed E-state index contributed by atoms with van der Waals surface area (Å²) in [5.74, 6) is 0.748. The molecule has 17 heavy (non-hydrogen) atoms. The van der Waals surface area contributed by atoms with Crippen LogP contribution in [0.5, 0.6) is 0 Å². The molecular formula is C14H23NO2. The van der Waals surface area contributed by atoms with Crippen LogP contribution in [0, 0.1) is 22.7 Å². The second-order valence-electron chi connectivity index (χ2n) is 5.84. The summed E-state index contributed by atoms with van der Waals surface area (Å²) in [6.45, 7) is 2.21. The van der Waals surface area contributed by atoms with Crippen molar-refractivity contribution in [2.24, 2.45) is 11.3 Å². The molecule has 2 saturated carbocycles. The van der Waals surface area contributed by atoms with Gasteiger partial charge in [-0.3, -0.25) is 0 Å². The van der Waals surface area contributed by atoms with E-state index in [0.29, 0.717) is 12.8 Å². The predicted molar refractivity (Wildman–Crippen MR) is 65.3 cm³/mol. The van der Waals surface area contributed by atoms with E-state index in [1.807, 2.05) is 0 Å². The van der Waals surface area contributed by atoms with Crippen LogP contribution in [0.3, 0.4) is 0 Å². The molecule has 0 saturated heterocycles. The van der Waals surface area contributed by atoms with Gasteiger partial charge >= 0.3 is 0 Å². The highest BCUT2D eigenvalue weighted by Crippen LogP contribution is 2.55. The quantitative estimate of drug-likeness (QED) is 0.821. The first-order chi connectivity index (χ1) is 8.09. The van der Waals surface area contributed by atoms with Gasteiger partial charge in [0, 0.05) is 20.0 Å². The first-order valence-electron chi connectivity index (χ1n) is 6.75. The highest BCUT2D eigenvalue weighted by Gasteiger charge is 2.58. The first kappa shape index (κ1) is 12.9. The summed E-state index contributed by atoms with van der Waals surface area (Å²) < 4.78 is 5.23. The fraction of sp³-hybridized carbons (Fsp3) is 0.929. The largest absolute Gasteiger partial charge is 0.388 e. The van der Waals surface area contributed by atoms with E-state index < -0.39 is 11.0 Å². The molecule has 2 rings (SSSR count). The Labute approximate surface area is 104 Å². The minimum Gasteiger partial charge on any atom is -0.388 e. The van der Waals surface area contributed by atoms with E-state index in [2.05, 4.69) is 13.0 Å². The van der Waals surface area contributed by atoms with Gasteiger partial charge in [0.05, 0.1) is 23.2 Å². The lowest BCUT2D eigenvalue weighted by Gasteiger charge is -2.54. The lowest BCUT2D eigenvalue weighted by Crippen LogP contribution is -2.60. The van der Waals surface area contributed by atoms with Crippen LogP contribution in [0.4, 0.5) is 0 Å². The van der Waals surface area contributed by atoms with Crippen molar-refractivity contribution in [1.29, 1.82) is 5.26 Å². The van der Waals surface area contributed by atoms with Crippen molar-refractivity contribution in [3.63, 3.8) is 0 Å². The molecule has 1 N–H and O–H groups in total. The average molecular weight is 237 g/mol. The van der Waals surface area contributed by atoms with E-state index in [1.165, 1.54) is 6.42 Å². The van der Waals surface area contributed by atoms with Gasteiger partial charge in [0.2, 0.25) is 0 Å². The molecule has 0 aromatic heterocycles. The highest BCUT2D eigenvalue weighted by molar-refractivity contribution is 5.18. The normalized spacial score (nSPS) is 46.0. The molecule has 0 radical (unpaired) electrons. The van der Waals surface area contributed by atoms with Gasteiger partial charge < -0.3 is 9.84 Å². The smallest absolute Gasteiger partial charge is 0.0882 e. The van der Waals surface area contributed by atoms with E-state index in [1.54, 1.807) is 7.11 Å². The van der Waals surface area contributed by atoms with E-state index >= 15 is 0 Å². The molecule has 0 atom stereocenters. The van der Waals surface area contributed by atoms with Crippen molar-refractivity contribution < 1.29 is 9.84 Å². The minimum atomic E-state index is -0.791. The Kier molecular flexibility index (Phi) is 3.47. The lowest BCUT2D eigenvalue weighted by atomic mass is 9.54. The molecule has 2 aliphatic rings. The molecule has 96 valence electrons. The van der Waals surface area contributed by atoms with Crippen molar-refractivity contribution in [3.8, 4) is 6.07 Å². The molecular weight excluding hydrogens is 214 g/mol. The molecule has 0 unspecified atom stereocenters. The lowest BCUT2D eigenvalue weighted by molar-refractivity contribution is -0.190. The maximum Gasteiger partial charge on any atom is 0.0882 e. The zero-order valence-electron chi connectivity index (χ0n) is 10.9. The molecule has 3 nitrogen and oxygen atoms in total. The zero-order valence-corrected chi connectivity index (χ0v) is 10.9. The van der Waals surface area contributed by atoms with Crippen LogP contribution in [0.1, 0.15) is 51.9 Å². The van der Waals surface area contributed by atoms with Crippen molar-refractivity contribution in [2.75, 3.05) is 7.11 Å². The summed E-state index contributed by atoms with van der Waals surface area (Å²) in [7, 11) is 1.68. The fourth-order valence-corrected chi connectivity index (χ4v) is 3.51. The number of ether oxygens (including phenoxy) is 1. The molecule has 0 heterocycles. The van der Waals surface area contributed by atoms with Gasteiger partial charge in [-0.1, -0.05) is 13.3 Å². The third kappa shape index (κ3) is 1.98. The van der Waals surface area contributed by atoms with Gasteiger partial charge in [-0.2, -0.15) is 5.26 Å². The summed E-state index contributed by atoms with van der Waals surface area (Å²) in [4.78, 5) is 0. The standard InChI is InChI=1S/C14H23NO2/c1-3-11-4-6-13(10-15,7-5-11)14(16)8-12(9-14)17-2/h11-12,16H,3-9H2,1-2H3. The number of nitrogens with zero attached hydrogens (tertiary/aromatic N) is 1. The summed E-state index contributed by atoms with van der Waals surface area (Å²) in [6, 6.07) is 2.44. The summed E-state index contributed by atoms with van der Waals surface area (Å²) in [5, 5.41) is 20.2. The number of rotatable bonds is 3. The van der Waals surface area contributed by atoms with Crippen LogP contribution in [0.2, 0.25) is 0 Å². The van der Waals surface area contributed by atoms with Crippen LogP contribution in [0.15, 0.2) is 0 Å². The summed E-state index contributed by atoms with van der Waals surface area (Å²) >= 11 is 0. The Morgan fingerprint density at radius 3 is 2.35 bits per heavy atom. The van der Waals surface area contributed by atoms with Crippen LogP contribution < -0.4 is 0 Å². The number of hydrogen-bond donors (Lipinski definition) is 1. The van der Waals surface area contributed by atoms with Crippen molar-refractivity contribution in [3.05, 3.63) is 0 Å². The molecule has 0 aliphatic heterocycles. The Morgan fingerprint density at radius 1 is 1.35 bits per heavy atom. The number of hydrogen-bond acceptors (Lipinski definition) is 3. The van der Waals surface area contributed by atoms with Crippen LogP contribution in [0.25, 0.3) is 0 Å². The Bertz CT molecular complexity index is 307. The molecule has 0 aromatic carbocycles. The van der Waals surface area contributed by atoms with Crippen LogP contribution >= 0.6 is 0 Å². The maximum atomic E-state index is 10.6. The highest BCUT2D eigenvalue weighted by atomic mass is 16.5. The molecule has 0 aromatic rings. The molecule has 0 bridgehead atoms. The SMILES string of the molecule is CCC1CCC(C#N)(C2(O)CC(OC)C2)CC1. The third-order valence-corrected chi connectivity index (χ3v) is 5.10. The van der Waals surface area contributed by atoms with Gasteiger partial charge in [0.1, 0.15) is 0 Å². The number of methoxy groups -OCH3 is 1. The minimum absolute atomic E-state index is 0.147.